The molecule has 3 aromatic rings. The van der Waals surface area contributed by atoms with E-state index in [2.05, 4.69) is 9.72 Å². The Balaban J connectivity index is 1.77. The summed E-state index contributed by atoms with van der Waals surface area (Å²) >= 11 is 8.95. The summed E-state index contributed by atoms with van der Waals surface area (Å²) in [6.45, 7) is -0.333. The zero-order valence-corrected chi connectivity index (χ0v) is 15.6. The van der Waals surface area contributed by atoms with Gasteiger partial charge in [-0.3, -0.25) is 0 Å². The van der Waals surface area contributed by atoms with Crippen LogP contribution in [0.2, 0.25) is 5.02 Å². The molecule has 8 heteroatoms. The van der Waals surface area contributed by atoms with Crippen LogP contribution in [-0.4, -0.2) is 18.2 Å². The maximum Gasteiger partial charge on any atom is 0.387 e. The van der Waals surface area contributed by atoms with E-state index < -0.39 is 6.61 Å². The van der Waals surface area contributed by atoms with Crippen molar-refractivity contribution < 1.29 is 18.3 Å². The zero-order chi connectivity index (χ0) is 17.8. The first kappa shape index (κ1) is 18.2. The van der Waals surface area contributed by atoms with Gasteiger partial charge >= 0.3 is 6.61 Å². The van der Waals surface area contributed by atoms with Gasteiger partial charge in [-0.1, -0.05) is 23.4 Å². The fourth-order valence-corrected chi connectivity index (χ4v) is 4.48. The Morgan fingerprint density at radius 1 is 1.24 bits per heavy atom. The van der Waals surface area contributed by atoms with Gasteiger partial charge < -0.3 is 9.47 Å². The number of hydrogen-bond donors (Lipinski definition) is 0. The summed E-state index contributed by atoms with van der Waals surface area (Å²) in [6.07, 6.45) is 0. The molecule has 0 bridgehead atoms. The fourth-order valence-electron chi connectivity index (χ4n) is 2.21. The van der Waals surface area contributed by atoms with Crippen LogP contribution in [0, 0.1) is 0 Å². The number of thiazole rings is 1. The van der Waals surface area contributed by atoms with Gasteiger partial charge in [0.05, 0.1) is 16.8 Å². The topological polar surface area (TPSA) is 31.4 Å². The van der Waals surface area contributed by atoms with Gasteiger partial charge in [-0.15, -0.1) is 11.3 Å². The number of ether oxygens (including phenoxy) is 2. The number of hydrogen-bond acceptors (Lipinski definition) is 5. The van der Waals surface area contributed by atoms with Gasteiger partial charge in [-0.05, 0) is 43.3 Å². The van der Waals surface area contributed by atoms with E-state index in [0.29, 0.717) is 22.9 Å². The lowest BCUT2D eigenvalue weighted by molar-refractivity contribution is -0.0503. The van der Waals surface area contributed by atoms with Gasteiger partial charge in [-0.2, -0.15) is 8.78 Å². The molecule has 0 saturated heterocycles. The molecule has 0 N–H and O–H groups in total. The third-order valence-corrected chi connectivity index (χ3v) is 5.69. The first-order chi connectivity index (χ1) is 12.0. The van der Waals surface area contributed by atoms with Crippen LogP contribution in [0.15, 0.2) is 40.7 Å². The quantitative estimate of drug-likeness (QED) is 0.438. The number of aromatic nitrogens is 1. The number of fused-ring (bicyclic) bond motifs is 1. The van der Waals surface area contributed by atoms with Crippen molar-refractivity contribution in [1.82, 2.24) is 4.98 Å². The highest BCUT2D eigenvalue weighted by Crippen LogP contribution is 2.36. The second-order valence-electron chi connectivity index (χ2n) is 4.96. The predicted molar refractivity (Wildman–Crippen MR) is 98.4 cm³/mol. The van der Waals surface area contributed by atoms with Crippen molar-refractivity contribution in [3.63, 3.8) is 0 Å². The Hall–Kier alpha value is -1.57. The minimum Gasteiger partial charge on any atom is -0.494 e. The number of benzene rings is 2. The Morgan fingerprint density at radius 2 is 2.08 bits per heavy atom. The molecule has 1 heterocycles. The van der Waals surface area contributed by atoms with Crippen LogP contribution in [0.3, 0.4) is 0 Å². The number of alkyl halides is 2. The Morgan fingerprint density at radius 3 is 2.84 bits per heavy atom. The van der Waals surface area contributed by atoms with Crippen molar-refractivity contribution in [2.45, 2.75) is 23.6 Å². The molecule has 3 rings (SSSR count). The van der Waals surface area contributed by atoms with E-state index in [4.69, 9.17) is 16.3 Å². The molecule has 3 nitrogen and oxygen atoms in total. The van der Waals surface area contributed by atoms with E-state index in [9.17, 15) is 8.78 Å². The van der Waals surface area contributed by atoms with Crippen molar-refractivity contribution in [2.75, 3.05) is 6.61 Å². The van der Waals surface area contributed by atoms with E-state index in [1.54, 1.807) is 6.07 Å². The smallest absolute Gasteiger partial charge is 0.387 e. The summed E-state index contributed by atoms with van der Waals surface area (Å²) in [4.78, 5) is 4.55. The molecule has 0 spiro atoms. The molecule has 0 atom stereocenters. The normalized spacial score (nSPS) is 11.2. The zero-order valence-electron chi connectivity index (χ0n) is 13.2. The maximum atomic E-state index is 12.5. The predicted octanol–water partition coefficient (Wildman–Crippen LogP) is 6.24. The van der Waals surface area contributed by atoms with Crippen molar-refractivity contribution in [3.8, 4) is 11.5 Å². The molecule has 0 aliphatic heterocycles. The van der Waals surface area contributed by atoms with E-state index >= 15 is 0 Å². The van der Waals surface area contributed by atoms with E-state index in [1.807, 2.05) is 25.1 Å². The molecule has 0 aliphatic carbocycles. The standard InChI is InChI=1S/C17H14ClF2NO2S2/c1-2-22-12-4-5-13-15(8-12)25-17(21-13)24-9-10-7-11(18)3-6-14(10)23-16(19)20/h3-8,16H,2,9H2,1H3. The summed E-state index contributed by atoms with van der Waals surface area (Å²) in [5, 5.41) is 0.475. The van der Waals surface area contributed by atoms with E-state index in [-0.39, 0.29) is 5.75 Å². The van der Waals surface area contributed by atoms with Gasteiger partial charge in [0.1, 0.15) is 11.5 Å². The van der Waals surface area contributed by atoms with Crippen molar-refractivity contribution in [3.05, 3.63) is 47.0 Å². The van der Waals surface area contributed by atoms with Crippen LogP contribution in [0.4, 0.5) is 8.78 Å². The highest BCUT2D eigenvalue weighted by molar-refractivity contribution is 8.00. The monoisotopic (exact) mass is 401 g/mol. The lowest BCUT2D eigenvalue weighted by Crippen LogP contribution is -2.04. The average Bonchev–Trinajstić information content (AvgIpc) is 2.97. The van der Waals surface area contributed by atoms with Gasteiger partial charge in [0.25, 0.3) is 0 Å². The lowest BCUT2D eigenvalue weighted by atomic mass is 10.2. The van der Waals surface area contributed by atoms with Crippen molar-refractivity contribution >= 4 is 44.9 Å². The Bertz CT molecular complexity index is 873. The summed E-state index contributed by atoms with van der Waals surface area (Å²) < 4.78 is 36.9. The van der Waals surface area contributed by atoms with Crippen LogP contribution in [0.1, 0.15) is 12.5 Å². The summed E-state index contributed by atoms with van der Waals surface area (Å²) in [6, 6.07) is 10.4. The third-order valence-electron chi connectivity index (χ3n) is 3.24. The molecule has 2 aromatic carbocycles. The van der Waals surface area contributed by atoms with E-state index in [0.717, 1.165) is 20.3 Å². The second-order valence-corrected chi connectivity index (χ2v) is 7.65. The Kier molecular flexibility index (Phi) is 5.98. The molecule has 0 radical (unpaired) electrons. The summed E-state index contributed by atoms with van der Waals surface area (Å²) in [5.74, 6) is 1.37. The minimum atomic E-state index is -2.87. The van der Waals surface area contributed by atoms with Crippen molar-refractivity contribution in [1.29, 1.82) is 0 Å². The molecule has 0 fully saturated rings. The largest absolute Gasteiger partial charge is 0.494 e. The molecular formula is C17H14ClF2NO2S2. The molecule has 132 valence electrons. The number of halogens is 3. The van der Waals surface area contributed by atoms with Crippen molar-refractivity contribution in [2.24, 2.45) is 0 Å². The summed E-state index contributed by atoms with van der Waals surface area (Å²) in [5.41, 5.74) is 1.48. The number of nitrogens with zero attached hydrogens (tertiary/aromatic N) is 1. The average molecular weight is 402 g/mol. The first-order valence-electron chi connectivity index (χ1n) is 7.44. The van der Waals surface area contributed by atoms with Gasteiger partial charge in [0, 0.05) is 16.3 Å². The summed E-state index contributed by atoms with van der Waals surface area (Å²) in [7, 11) is 0. The second kappa shape index (κ2) is 8.21. The molecule has 25 heavy (non-hydrogen) atoms. The van der Waals surface area contributed by atoms with Gasteiger partial charge in [0.2, 0.25) is 0 Å². The molecule has 1 aromatic heterocycles. The maximum absolute atomic E-state index is 12.5. The van der Waals surface area contributed by atoms with Crippen LogP contribution in [0.5, 0.6) is 11.5 Å². The SMILES string of the molecule is CCOc1ccc2nc(SCc3cc(Cl)ccc3OC(F)F)sc2c1. The Labute approximate surface area is 156 Å². The first-order valence-corrected chi connectivity index (χ1v) is 9.62. The molecular weight excluding hydrogens is 388 g/mol. The van der Waals surface area contributed by atoms with Crippen LogP contribution in [-0.2, 0) is 5.75 Å². The fraction of sp³-hybridized carbons (Fsp3) is 0.235. The number of thioether (sulfide) groups is 1. The molecule has 0 unspecified atom stereocenters. The molecule has 0 aliphatic rings. The third kappa shape index (κ3) is 4.74. The highest BCUT2D eigenvalue weighted by Gasteiger charge is 2.12. The molecule has 0 amide bonds. The van der Waals surface area contributed by atoms with Gasteiger partial charge in [-0.25, -0.2) is 4.98 Å². The van der Waals surface area contributed by atoms with Gasteiger partial charge in [0.15, 0.2) is 4.34 Å². The van der Waals surface area contributed by atoms with Crippen LogP contribution in [0.25, 0.3) is 10.2 Å². The van der Waals surface area contributed by atoms with Crippen LogP contribution < -0.4 is 9.47 Å². The van der Waals surface area contributed by atoms with E-state index in [1.165, 1.54) is 35.2 Å². The number of rotatable bonds is 7. The molecule has 0 saturated carbocycles. The van der Waals surface area contributed by atoms with Crippen LogP contribution >= 0.6 is 34.7 Å². The minimum absolute atomic E-state index is 0.131. The lowest BCUT2D eigenvalue weighted by Gasteiger charge is -2.10. The highest BCUT2D eigenvalue weighted by atomic mass is 35.5.